The van der Waals surface area contributed by atoms with Gasteiger partial charge in [0, 0.05) is 16.7 Å². The summed E-state index contributed by atoms with van der Waals surface area (Å²) >= 11 is 0. The molecule has 2 amide bonds. The number of hydrogen-bond donors (Lipinski definition) is 0. The topological polar surface area (TPSA) is 83.5 Å². The first-order chi connectivity index (χ1) is 21.1. The number of carbonyl (C=O) groups excluding carboxylic acids is 2. The summed E-state index contributed by atoms with van der Waals surface area (Å²) in [5.41, 5.74) is 4.30. The van der Waals surface area contributed by atoms with Crippen molar-refractivity contribution in [2.24, 2.45) is 11.8 Å². The highest BCUT2D eigenvalue weighted by atomic mass is 28.4. The Hall–Kier alpha value is -3.14. The van der Waals surface area contributed by atoms with Crippen LogP contribution in [0, 0.1) is 18.8 Å². The maximum Gasteiger partial charge on any atom is 0.416 e. The van der Waals surface area contributed by atoms with Crippen molar-refractivity contribution >= 4 is 26.4 Å². The molecule has 0 unspecified atom stereocenters. The van der Waals surface area contributed by atoms with Crippen molar-refractivity contribution in [3.63, 3.8) is 0 Å². The Morgan fingerprint density at radius 2 is 1.73 bits per heavy atom. The van der Waals surface area contributed by atoms with Crippen molar-refractivity contribution in [2.75, 3.05) is 27.4 Å². The van der Waals surface area contributed by atoms with E-state index in [0.717, 1.165) is 16.7 Å². The highest BCUT2D eigenvalue weighted by Crippen LogP contribution is 2.49. The molecule has 0 spiro atoms. The molecular formula is C36H53NO7Si. The first kappa shape index (κ1) is 36.3. The number of benzene rings is 2. The molecule has 0 aromatic heterocycles. The van der Waals surface area contributed by atoms with Crippen molar-refractivity contribution in [1.82, 2.24) is 4.90 Å². The van der Waals surface area contributed by atoms with Gasteiger partial charge in [0.05, 0.1) is 45.5 Å². The van der Waals surface area contributed by atoms with Crippen LogP contribution >= 0.6 is 0 Å². The Morgan fingerprint density at radius 1 is 1.11 bits per heavy atom. The lowest BCUT2D eigenvalue weighted by atomic mass is 9.86. The maximum absolute atomic E-state index is 14.3. The van der Waals surface area contributed by atoms with Crippen LogP contribution in [0.5, 0.6) is 11.5 Å². The SMILES string of the molecule is C=Cc1c(OC)c(C)c(CCOCc2ccccc2)c(OC)c1[C@@H](O[Si](C)(C)C(C)(C)C)[C@H](C)C(=O)N1C(=O)OC[C@@H]1C(C)C. The molecule has 248 valence electrons. The first-order valence-corrected chi connectivity index (χ1v) is 18.7. The molecule has 9 heteroatoms. The fourth-order valence-corrected chi connectivity index (χ4v) is 6.88. The summed E-state index contributed by atoms with van der Waals surface area (Å²) in [5.74, 6) is 0.187. The van der Waals surface area contributed by atoms with E-state index in [9.17, 15) is 9.59 Å². The molecule has 0 aliphatic carbocycles. The van der Waals surface area contributed by atoms with Gasteiger partial charge in [-0.15, -0.1) is 0 Å². The van der Waals surface area contributed by atoms with Crippen LogP contribution < -0.4 is 9.47 Å². The van der Waals surface area contributed by atoms with E-state index in [1.165, 1.54) is 4.90 Å². The molecule has 0 N–H and O–H groups in total. The zero-order chi connectivity index (χ0) is 33.7. The Balaban J connectivity index is 2.18. The molecule has 0 bridgehead atoms. The number of carbonyl (C=O) groups is 2. The molecular weight excluding hydrogens is 586 g/mol. The number of rotatable bonds is 14. The van der Waals surface area contributed by atoms with Crippen molar-refractivity contribution in [1.29, 1.82) is 0 Å². The Morgan fingerprint density at radius 3 is 2.27 bits per heavy atom. The van der Waals surface area contributed by atoms with E-state index in [1.807, 2.05) is 58.0 Å². The third-order valence-electron chi connectivity index (χ3n) is 9.34. The molecule has 3 rings (SSSR count). The molecule has 2 aromatic carbocycles. The lowest BCUT2D eigenvalue weighted by Gasteiger charge is -2.42. The summed E-state index contributed by atoms with van der Waals surface area (Å²) in [4.78, 5) is 28.5. The van der Waals surface area contributed by atoms with Gasteiger partial charge in [-0.3, -0.25) is 4.79 Å². The normalized spacial score (nSPS) is 16.8. The predicted octanol–water partition coefficient (Wildman–Crippen LogP) is 8.12. The summed E-state index contributed by atoms with van der Waals surface area (Å²) in [5, 5.41) is -0.161. The number of imide groups is 1. The highest BCUT2D eigenvalue weighted by molar-refractivity contribution is 6.74. The second-order valence-corrected chi connectivity index (χ2v) is 18.4. The second-order valence-electron chi connectivity index (χ2n) is 13.7. The molecule has 0 saturated carbocycles. The molecule has 1 fully saturated rings. The molecule has 45 heavy (non-hydrogen) atoms. The van der Waals surface area contributed by atoms with Gasteiger partial charge in [-0.05, 0) is 48.5 Å². The molecule has 1 aliphatic rings. The van der Waals surface area contributed by atoms with Crippen LogP contribution in [-0.4, -0.2) is 58.7 Å². The van der Waals surface area contributed by atoms with Crippen molar-refractivity contribution < 1.29 is 33.0 Å². The van der Waals surface area contributed by atoms with E-state index in [-0.39, 0.29) is 29.5 Å². The van der Waals surface area contributed by atoms with E-state index >= 15 is 0 Å². The van der Waals surface area contributed by atoms with Gasteiger partial charge < -0.3 is 23.4 Å². The first-order valence-electron chi connectivity index (χ1n) is 15.8. The molecule has 2 aromatic rings. The number of nitrogens with zero attached hydrogens (tertiary/aromatic N) is 1. The zero-order valence-electron chi connectivity index (χ0n) is 29.1. The largest absolute Gasteiger partial charge is 0.496 e. The summed E-state index contributed by atoms with van der Waals surface area (Å²) in [6, 6.07) is 9.68. The lowest BCUT2D eigenvalue weighted by Crippen LogP contribution is -2.48. The number of methoxy groups -OCH3 is 2. The van der Waals surface area contributed by atoms with Gasteiger partial charge in [-0.25, -0.2) is 9.69 Å². The van der Waals surface area contributed by atoms with Gasteiger partial charge >= 0.3 is 6.09 Å². The van der Waals surface area contributed by atoms with Crippen LogP contribution in [0.25, 0.3) is 6.08 Å². The second kappa shape index (κ2) is 15.0. The number of hydrogen-bond acceptors (Lipinski definition) is 7. The Labute approximate surface area is 271 Å². The molecule has 1 saturated heterocycles. The van der Waals surface area contributed by atoms with E-state index in [0.29, 0.717) is 42.3 Å². The lowest BCUT2D eigenvalue weighted by molar-refractivity contribution is -0.136. The molecule has 1 aliphatic heterocycles. The van der Waals surface area contributed by atoms with E-state index in [1.54, 1.807) is 20.3 Å². The fourth-order valence-electron chi connectivity index (χ4n) is 5.57. The number of cyclic esters (lactones) is 1. The maximum atomic E-state index is 14.3. The smallest absolute Gasteiger partial charge is 0.416 e. The van der Waals surface area contributed by atoms with Gasteiger partial charge in [0.15, 0.2) is 8.32 Å². The van der Waals surface area contributed by atoms with Crippen LogP contribution in [0.4, 0.5) is 4.79 Å². The highest BCUT2D eigenvalue weighted by Gasteiger charge is 2.47. The average molecular weight is 640 g/mol. The Kier molecular flexibility index (Phi) is 12.1. The van der Waals surface area contributed by atoms with E-state index in [2.05, 4.69) is 40.4 Å². The van der Waals surface area contributed by atoms with Crippen molar-refractivity contribution in [2.45, 2.75) is 91.8 Å². The zero-order valence-corrected chi connectivity index (χ0v) is 30.1. The minimum absolute atomic E-state index is 0.0348. The summed E-state index contributed by atoms with van der Waals surface area (Å²) in [7, 11) is 0.770. The van der Waals surface area contributed by atoms with E-state index in [4.69, 9.17) is 23.4 Å². The van der Waals surface area contributed by atoms with Gasteiger partial charge in [0.1, 0.15) is 18.1 Å². The van der Waals surface area contributed by atoms with E-state index < -0.39 is 26.4 Å². The summed E-state index contributed by atoms with van der Waals surface area (Å²) < 4.78 is 30.8. The molecule has 3 atom stereocenters. The minimum Gasteiger partial charge on any atom is -0.496 e. The Bertz CT molecular complexity index is 1350. The van der Waals surface area contributed by atoms with Crippen molar-refractivity contribution in [3.05, 3.63) is 64.7 Å². The van der Waals surface area contributed by atoms with Crippen LogP contribution in [0.15, 0.2) is 36.9 Å². The minimum atomic E-state index is -2.50. The average Bonchev–Trinajstić information content (AvgIpc) is 3.38. The standard InChI is InChI=1S/C36H53NO7Si/c1-13-27-30(33(41-10)28(24(4)31(27)40-9)19-20-42-21-26-17-15-14-16-18-26)32(44-45(11,12)36(6,7)8)25(5)34(38)37-29(23(2)3)22-43-35(37)39/h13-18,23,25,29,32H,1,19-22H2,2-12H3/t25-,29+,32-/m0/s1. The summed E-state index contributed by atoms with van der Waals surface area (Å²) in [6.45, 7) is 23.8. The van der Waals surface area contributed by atoms with Crippen LogP contribution in [0.1, 0.15) is 75.5 Å². The van der Waals surface area contributed by atoms with Gasteiger partial charge in [-0.1, -0.05) is 84.5 Å². The molecule has 0 radical (unpaired) electrons. The van der Waals surface area contributed by atoms with Crippen LogP contribution in [0.2, 0.25) is 18.1 Å². The predicted molar refractivity (Wildman–Crippen MR) is 181 cm³/mol. The van der Waals surface area contributed by atoms with Gasteiger partial charge in [0.25, 0.3) is 0 Å². The third-order valence-corrected chi connectivity index (χ3v) is 13.8. The monoisotopic (exact) mass is 639 g/mol. The molecule has 1 heterocycles. The van der Waals surface area contributed by atoms with Crippen LogP contribution in [0.3, 0.4) is 0 Å². The van der Waals surface area contributed by atoms with Crippen molar-refractivity contribution in [3.8, 4) is 11.5 Å². The molecule has 8 nitrogen and oxygen atoms in total. The van der Waals surface area contributed by atoms with Crippen LogP contribution in [-0.2, 0) is 31.7 Å². The quantitative estimate of drug-likeness (QED) is 0.153. The van der Waals surface area contributed by atoms with Gasteiger partial charge in [-0.2, -0.15) is 0 Å². The number of amides is 2. The number of ether oxygens (including phenoxy) is 4. The third kappa shape index (κ3) is 7.81. The summed E-state index contributed by atoms with van der Waals surface area (Å²) in [6.07, 6.45) is 0.900. The fraction of sp³-hybridized carbons (Fsp3) is 0.556. The van der Waals surface area contributed by atoms with Gasteiger partial charge in [0.2, 0.25) is 5.91 Å².